The molecule has 24 heavy (non-hydrogen) atoms. The Morgan fingerprint density at radius 3 is 1.33 bits per heavy atom. The lowest BCUT2D eigenvalue weighted by Crippen LogP contribution is -2.42. The predicted octanol–water partition coefficient (Wildman–Crippen LogP) is 4.16. The fraction of sp³-hybridized carbons (Fsp3) is 0.136. The molecule has 1 N–H and O–H groups in total. The van der Waals surface area contributed by atoms with Gasteiger partial charge in [0.25, 0.3) is 0 Å². The lowest BCUT2D eigenvalue weighted by atomic mass is 9.69. The van der Waals surface area contributed by atoms with Crippen LogP contribution in [0.25, 0.3) is 0 Å². The van der Waals surface area contributed by atoms with Crippen molar-refractivity contribution in [1.29, 1.82) is 0 Å². The maximum atomic E-state index is 11.7. The second-order valence-electron chi connectivity index (χ2n) is 5.91. The van der Waals surface area contributed by atoms with Crippen LogP contribution in [0.5, 0.6) is 0 Å². The summed E-state index contributed by atoms with van der Waals surface area (Å²) in [6.07, 6.45) is 0. The number of carbonyl (C=O) groups excluding carboxylic acids is 1. The van der Waals surface area contributed by atoms with E-state index in [-0.39, 0.29) is 5.91 Å². The molecule has 0 aliphatic heterocycles. The summed E-state index contributed by atoms with van der Waals surface area (Å²) in [5.41, 5.74) is 3.07. The SMILES string of the molecule is CC(=O)NCC(c1ccccc1)(c1ccccc1)c1ccccc1. The third kappa shape index (κ3) is 3.09. The van der Waals surface area contributed by atoms with E-state index in [0.717, 1.165) is 16.7 Å². The second kappa shape index (κ2) is 7.14. The Balaban J connectivity index is 2.26. The maximum Gasteiger partial charge on any atom is 0.216 e. The molecule has 0 aliphatic carbocycles. The monoisotopic (exact) mass is 315 g/mol. The average molecular weight is 315 g/mol. The molecule has 2 heteroatoms. The molecule has 3 aromatic rings. The summed E-state index contributed by atoms with van der Waals surface area (Å²) in [5.74, 6) is -0.0258. The Hall–Kier alpha value is -2.87. The molecule has 0 spiro atoms. The second-order valence-corrected chi connectivity index (χ2v) is 5.91. The van der Waals surface area contributed by atoms with E-state index in [9.17, 15) is 4.79 Å². The summed E-state index contributed by atoms with van der Waals surface area (Å²) in [6, 6.07) is 31.1. The van der Waals surface area contributed by atoms with Gasteiger partial charge in [0.15, 0.2) is 0 Å². The molecule has 120 valence electrons. The zero-order valence-electron chi connectivity index (χ0n) is 13.8. The van der Waals surface area contributed by atoms with Crippen LogP contribution < -0.4 is 5.32 Å². The Kier molecular flexibility index (Phi) is 4.76. The highest BCUT2D eigenvalue weighted by atomic mass is 16.1. The Labute approximate surface area is 143 Å². The smallest absolute Gasteiger partial charge is 0.216 e. The van der Waals surface area contributed by atoms with Crippen LogP contribution >= 0.6 is 0 Å². The van der Waals surface area contributed by atoms with Gasteiger partial charge < -0.3 is 5.32 Å². The molecule has 0 fully saturated rings. The largest absolute Gasteiger partial charge is 0.355 e. The first-order chi connectivity index (χ1) is 11.7. The van der Waals surface area contributed by atoms with Crippen LogP contribution in [0, 0.1) is 0 Å². The highest BCUT2D eigenvalue weighted by Gasteiger charge is 2.36. The van der Waals surface area contributed by atoms with Gasteiger partial charge in [-0.15, -0.1) is 0 Å². The molecular weight excluding hydrogens is 294 g/mol. The van der Waals surface area contributed by atoms with Crippen LogP contribution in [-0.4, -0.2) is 12.5 Å². The first kappa shape index (κ1) is 16.0. The highest BCUT2D eigenvalue weighted by Crippen LogP contribution is 2.38. The molecule has 0 aromatic heterocycles. The molecule has 0 saturated carbocycles. The van der Waals surface area contributed by atoms with Crippen LogP contribution in [0.2, 0.25) is 0 Å². The van der Waals surface area contributed by atoms with Gasteiger partial charge in [-0.25, -0.2) is 0 Å². The quantitative estimate of drug-likeness (QED) is 0.704. The van der Waals surface area contributed by atoms with Crippen molar-refractivity contribution in [2.24, 2.45) is 0 Å². The van der Waals surface area contributed by atoms with Crippen LogP contribution in [0.3, 0.4) is 0 Å². The predicted molar refractivity (Wildman–Crippen MR) is 97.9 cm³/mol. The van der Waals surface area contributed by atoms with Gasteiger partial charge in [0.05, 0.1) is 5.41 Å². The van der Waals surface area contributed by atoms with Gasteiger partial charge in [-0.2, -0.15) is 0 Å². The van der Waals surface area contributed by atoms with Crippen LogP contribution in [0.1, 0.15) is 23.6 Å². The first-order valence-electron chi connectivity index (χ1n) is 8.14. The van der Waals surface area contributed by atoms with Crippen molar-refractivity contribution < 1.29 is 4.79 Å². The number of rotatable bonds is 5. The van der Waals surface area contributed by atoms with E-state index in [1.807, 2.05) is 54.6 Å². The Morgan fingerprint density at radius 1 is 0.708 bits per heavy atom. The summed E-state index contributed by atoms with van der Waals surface area (Å²) >= 11 is 0. The number of amides is 1. The minimum Gasteiger partial charge on any atom is -0.355 e. The molecular formula is C22H21NO. The summed E-state index contributed by atoms with van der Waals surface area (Å²) in [7, 11) is 0. The maximum absolute atomic E-state index is 11.7. The van der Waals surface area contributed by atoms with Gasteiger partial charge in [-0.1, -0.05) is 91.0 Å². The van der Waals surface area contributed by atoms with Gasteiger partial charge in [0.2, 0.25) is 5.91 Å². The molecule has 0 saturated heterocycles. The van der Waals surface area contributed by atoms with Crippen molar-refractivity contribution in [2.45, 2.75) is 12.3 Å². The van der Waals surface area contributed by atoms with E-state index in [1.54, 1.807) is 6.92 Å². The summed E-state index contributed by atoms with van der Waals surface area (Å²) in [6.45, 7) is 2.08. The van der Waals surface area contributed by atoms with Gasteiger partial charge >= 0.3 is 0 Å². The van der Waals surface area contributed by atoms with E-state index in [4.69, 9.17) is 0 Å². The summed E-state index contributed by atoms with van der Waals surface area (Å²) in [4.78, 5) is 11.7. The van der Waals surface area contributed by atoms with E-state index < -0.39 is 5.41 Å². The van der Waals surface area contributed by atoms with E-state index >= 15 is 0 Å². The molecule has 2 nitrogen and oxygen atoms in total. The van der Waals surface area contributed by atoms with Crippen LogP contribution in [-0.2, 0) is 10.2 Å². The molecule has 3 rings (SSSR count). The van der Waals surface area contributed by atoms with Crippen molar-refractivity contribution >= 4 is 5.91 Å². The van der Waals surface area contributed by atoms with E-state index in [1.165, 1.54) is 0 Å². The van der Waals surface area contributed by atoms with Crippen LogP contribution in [0.4, 0.5) is 0 Å². The third-order valence-electron chi connectivity index (χ3n) is 4.40. The normalized spacial score (nSPS) is 11.0. The number of carbonyl (C=O) groups is 1. The topological polar surface area (TPSA) is 29.1 Å². The summed E-state index contributed by atoms with van der Waals surface area (Å²) < 4.78 is 0. The average Bonchev–Trinajstić information content (AvgIpc) is 2.65. The molecule has 0 radical (unpaired) electrons. The lowest BCUT2D eigenvalue weighted by Gasteiger charge is -2.36. The van der Waals surface area contributed by atoms with Crippen molar-refractivity contribution in [3.63, 3.8) is 0 Å². The number of benzene rings is 3. The number of hydrogen-bond donors (Lipinski definition) is 1. The molecule has 1 amide bonds. The number of nitrogens with one attached hydrogen (secondary N) is 1. The Bertz CT molecular complexity index is 685. The van der Waals surface area contributed by atoms with Crippen molar-refractivity contribution in [3.05, 3.63) is 108 Å². The van der Waals surface area contributed by atoms with Gasteiger partial charge in [0, 0.05) is 13.5 Å². The van der Waals surface area contributed by atoms with Crippen LogP contribution in [0.15, 0.2) is 91.0 Å². The van der Waals surface area contributed by atoms with Gasteiger partial charge in [-0.05, 0) is 16.7 Å². The lowest BCUT2D eigenvalue weighted by molar-refractivity contribution is -0.119. The van der Waals surface area contributed by atoms with Gasteiger partial charge in [0.1, 0.15) is 0 Å². The standard InChI is InChI=1S/C22H21NO/c1-18(24)23-17-22(19-11-5-2-6-12-19,20-13-7-3-8-14-20)21-15-9-4-10-16-21/h2-16H,17H2,1H3,(H,23,24). The first-order valence-corrected chi connectivity index (χ1v) is 8.14. The van der Waals surface area contributed by atoms with Crippen molar-refractivity contribution in [1.82, 2.24) is 5.32 Å². The Morgan fingerprint density at radius 2 is 1.04 bits per heavy atom. The van der Waals surface area contributed by atoms with E-state index in [2.05, 4.69) is 41.7 Å². The number of hydrogen-bond acceptors (Lipinski definition) is 1. The zero-order valence-corrected chi connectivity index (χ0v) is 13.8. The van der Waals surface area contributed by atoms with Crippen molar-refractivity contribution in [2.75, 3.05) is 6.54 Å². The fourth-order valence-corrected chi connectivity index (χ4v) is 3.23. The minimum atomic E-state index is -0.421. The van der Waals surface area contributed by atoms with Gasteiger partial charge in [-0.3, -0.25) is 4.79 Å². The zero-order chi connectivity index (χ0) is 16.8. The summed E-state index contributed by atoms with van der Waals surface area (Å²) in [5, 5.41) is 3.04. The molecule has 0 heterocycles. The molecule has 0 unspecified atom stereocenters. The fourth-order valence-electron chi connectivity index (χ4n) is 3.23. The minimum absolute atomic E-state index is 0.0258. The molecule has 0 atom stereocenters. The molecule has 0 bridgehead atoms. The highest BCUT2D eigenvalue weighted by molar-refractivity contribution is 5.73. The molecule has 0 aliphatic rings. The third-order valence-corrected chi connectivity index (χ3v) is 4.40. The van der Waals surface area contributed by atoms with E-state index in [0.29, 0.717) is 6.54 Å². The molecule has 3 aromatic carbocycles. The van der Waals surface area contributed by atoms with Crippen molar-refractivity contribution in [3.8, 4) is 0 Å².